The minimum Gasteiger partial charge on any atom is -0.493 e. The van der Waals surface area contributed by atoms with Crippen molar-refractivity contribution in [3.05, 3.63) is 48.3 Å². The van der Waals surface area contributed by atoms with Gasteiger partial charge in [0, 0.05) is 58.2 Å². The van der Waals surface area contributed by atoms with Gasteiger partial charge in [-0.15, -0.1) is 0 Å². The number of pyridine rings is 1. The SMILES string of the molecule is CC(N)CN(CCCOc1ccc2c(c1)N(C)C(=O)C(C)(C)C(=O)N2C)Cc1ccncc1. The monoisotopic (exact) mass is 453 g/mol. The smallest absolute Gasteiger partial charge is 0.241 e. The van der Waals surface area contributed by atoms with E-state index in [-0.39, 0.29) is 17.9 Å². The average molecular weight is 454 g/mol. The van der Waals surface area contributed by atoms with Crippen molar-refractivity contribution >= 4 is 23.2 Å². The summed E-state index contributed by atoms with van der Waals surface area (Å²) in [6, 6.07) is 9.61. The molecule has 0 saturated heterocycles. The van der Waals surface area contributed by atoms with Crippen LogP contribution in [0.25, 0.3) is 0 Å². The number of fused-ring (bicyclic) bond motifs is 1. The summed E-state index contributed by atoms with van der Waals surface area (Å²) in [4.78, 5) is 35.2. The van der Waals surface area contributed by atoms with E-state index in [1.165, 1.54) is 5.56 Å². The fourth-order valence-electron chi connectivity index (χ4n) is 4.16. The number of nitrogens with two attached hydrogens (primary N) is 1. The maximum atomic E-state index is 12.9. The van der Waals surface area contributed by atoms with Gasteiger partial charge in [0.15, 0.2) is 0 Å². The Morgan fingerprint density at radius 3 is 2.33 bits per heavy atom. The summed E-state index contributed by atoms with van der Waals surface area (Å²) in [6.07, 6.45) is 4.43. The second-order valence-corrected chi connectivity index (χ2v) is 9.27. The number of hydrogen-bond acceptors (Lipinski definition) is 6. The van der Waals surface area contributed by atoms with E-state index in [1.807, 2.05) is 37.3 Å². The van der Waals surface area contributed by atoms with Gasteiger partial charge in [-0.05, 0) is 57.0 Å². The molecule has 1 aromatic heterocycles. The van der Waals surface area contributed by atoms with Crippen LogP contribution in [0.2, 0.25) is 0 Å². The lowest BCUT2D eigenvalue weighted by Gasteiger charge is -2.25. The molecule has 0 spiro atoms. The predicted octanol–water partition coefficient (Wildman–Crippen LogP) is 2.67. The lowest BCUT2D eigenvalue weighted by molar-refractivity contribution is -0.137. The van der Waals surface area contributed by atoms with Crippen LogP contribution in [0.1, 0.15) is 32.8 Å². The number of carbonyl (C=O) groups is 2. The number of aromatic nitrogens is 1. The molecule has 0 radical (unpaired) electrons. The Balaban J connectivity index is 1.64. The zero-order valence-corrected chi connectivity index (χ0v) is 20.2. The van der Waals surface area contributed by atoms with Gasteiger partial charge >= 0.3 is 0 Å². The first-order valence-corrected chi connectivity index (χ1v) is 11.3. The summed E-state index contributed by atoms with van der Waals surface area (Å²) in [7, 11) is 3.40. The first kappa shape index (κ1) is 24.7. The van der Waals surface area contributed by atoms with E-state index in [0.717, 1.165) is 26.1 Å². The van der Waals surface area contributed by atoms with Gasteiger partial charge in [0.2, 0.25) is 11.8 Å². The predicted molar refractivity (Wildman–Crippen MR) is 130 cm³/mol. The van der Waals surface area contributed by atoms with Crippen molar-refractivity contribution in [3.63, 3.8) is 0 Å². The number of nitrogens with zero attached hydrogens (tertiary/aromatic N) is 4. The molecule has 33 heavy (non-hydrogen) atoms. The van der Waals surface area contributed by atoms with Crippen LogP contribution in [0.5, 0.6) is 5.75 Å². The van der Waals surface area contributed by atoms with Crippen molar-refractivity contribution < 1.29 is 14.3 Å². The minimum atomic E-state index is -1.12. The molecule has 2 aromatic rings. The molecule has 8 nitrogen and oxygen atoms in total. The zero-order valence-electron chi connectivity index (χ0n) is 20.2. The molecule has 0 aliphatic carbocycles. The summed E-state index contributed by atoms with van der Waals surface area (Å²) in [6.45, 7) is 8.31. The Bertz CT molecular complexity index is 977. The van der Waals surface area contributed by atoms with E-state index in [4.69, 9.17) is 10.5 Å². The van der Waals surface area contributed by atoms with Crippen LogP contribution < -0.4 is 20.3 Å². The highest BCUT2D eigenvalue weighted by molar-refractivity contribution is 6.19. The van der Waals surface area contributed by atoms with Gasteiger partial charge in [-0.1, -0.05) is 0 Å². The summed E-state index contributed by atoms with van der Waals surface area (Å²) in [5.74, 6) is 0.204. The third kappa shape index (κ3) is 5.69. The van der Waals surface area contributed by atoms with Crippen molar-refractivity contribution in [1.29, 1.82) is 0 Å². The molecule has 1 aliphatic rings. The number of ether oxygens (including phenoxy) is 1. The van der Waals surface area contributed by atoms with Crippen molar-refractivity contribution in [2.75, 3.05) is 43.6 Å². The quantitative estimate of drug-likeness (QED) is 0.464. The molecule has 2 heterocycles. The van der Waals surface area contributed by atoms with E-state index in [2.05, 4.69) is 9.88 Å². The van der Waals surface area contributed by atoms with Crippen LogP contribution in [-0.4, -0.2) is 61.5 Å². The number of carbonyl (C=O) groups excluding carboxylic acids is 2. The van der Waals surface area contributed by atoms with Gasteiger partial charge in [-0.2, -0.15) is 0 Å². The first-order chi connectivity index (χ1) is 15.6. The summed E-state index contributed by atoms with van der Waals surface area (Å²) >= 11 is 0. The number of rotatable bonds is 9. The molecule has 1 atom stereocenters. The maximum absolute atomic E-state index is 12.9. The lowest BCUT2D eigenvalue weighted by Crippen LogP contribution is -2.46. The Kier molecular flexibility index (Phi) is 7.71. The van der Waals surface area contributed by atoms with Crippen LogP contribution >= 0.6 is 0 Å². The molecule has 0 bridgehead atoms. The Hall–Kier alpha value is -2.97. The number of anilines is 2. The zero-order chi connectivity index (χ0) is 24.2. The Morgan fingerprint density at radius 2 is 1.70 bits per heavy atom. The van der Waals surface area contributed by atoms with Gasteiger partial charge in [0.05, 0.1) is 18.0 Å². The van der Waals surface area contributed by atoms with Crippen LogP contribution in [0.4, 0.5) is 11.4 Å². The summed E-state index contributed by atoms with van der Waals surface area (Å²) in [5, 5.41) is 0. The molecular weight excluding hydrogens is 418 g/mol. The largest absolute Gasteiger partial charge is 0.493 e. The molecule has 178 valence electrons. The molecule has 1 unspecified atom stereocenters. The van der Waals surface area contributed by atoms with E-state index < -0.39 is 5.41 Å². The second-order valence-electron chi connectivity index (χ2n) is 9.27. The maximum Gasteiger partial charge on any atom is 0.241 e. The molecular formula is C25H35N5O3. The van der Waals surface area contributed by atoms with Crippen LogP contribution in [0.15, 0.2) is 42.7 Å². The van der Waals surface area contributed by atoms with Gasteiger partial charge < -0.3 is 20.3 Å². The number of benzene rings is 1. The molecule has 1 aromatic carbocycles. The van der Waals surface area contributed by atoms with Crippen LogP contribution in [0.3, 0.4) is 0 Å². The standard InChI is InChI=1S/C25H35N5O3/c1-18(26)16-30(17-19-9-11-27-12-10-19)13-6-14-33-20-7-8-21-22(15-20)29(5)24(32)25(2,3)23(31)28(21)4/h7-12,15,18H,6,13-14,16-17,26H2,1-5H3. The van der Waals surface area contributed by atoms with Crippen LogP contribution in [0, 0.1) is 5.41 Å². The van der Waals surface area contributed by atoms with E-state index in [1.54, 1.807) is 50.1 Å². The fraction of sp³-hybridized carbons (Fsp3) is 0.480. The highest BCUT2D eigenvalue weighted by atomic mass is 16.5. The van der Waals surface area contributed by atoms with E-state index >= 15 is 0 Å². The highest BCUT2D eigenvalue weighted by Gasteiger charge is 2.44. The highest BCUT2D eigenvalue weighted by Crippen LogP contribution is 2.39. The van der Waals surface area contributed by atoms with Gasteiger partial charge in [-0.3, -0.25) is 19.5 Å². The summed E-state index contributed by atoms with van der Waals surface area (Å²) in [5.41, 5.74) is 7.47. The van der Waals surface area contributed by atoms with Crippen molar-refractivity contribution in [2.45, 2.75) is 39.8 Å². The van der Waals surface area contributed by atoms with Crippen LogP contribution in [-0.2, 0) is 16.1 Å². The third-order valence-corrected chi connectivity index (χ3v) is 5.94. The molecule has 2 N–H and O–H groups in total. The van der Waals surface area contributed by atoms with Gasteiger partial charge in [0.25, 0.3) is 0 Å². The molecule has 0 saturated carbocycles. The summed E-state index contributed by atoms with van der Waals surface area (Å²) < 4.78 is 6.01. The number of hydrogen-bond donors (Lipinski definition) is 1. The third-order valence-electron chi connectivity index (χ3n) is 5.94. The van der Waals surface area contributed by atoms with E-state index in [9.17, 15) is 9.59 Å². The average Bonchev–Trinajstić information content (AvgIpc) is 2.83. The van der Waals surface area contributed by atoms with Crippen molar-refractivity contribution in [2.24, 2.45) is 11.1 Å². The van der Waals surface area contributed by atoms with Gasteiger partial charge in [0.1, 0.15) is 11.2 Å². The molecule has 2 amide bonds. The molecule has 8 heteroatoms. The normalized spacial score (nSPS) is 16.6. The first-order valence-electron chi connectivity index (χ1n) is 11.3. The van der Waals surface area contributed by atoms with Crippen molar-refractivity contribution in [1.82, 2.24) is 9.88 Å². The number of amides is 2. The Morgan fingerprint density at radius 1 is 1.06 bits per heavy atom. The van der Waals surface area contributed by atoms with E-state index in [0.29, 0.717) is 23.7 Å². The van der Waals surface area contributed by atoms with Crippen molar-refractivity contribution in [3.8, 4) is 5.75 Å². The topological polar surface area (TPSA) is 92.0 Å². The molecule has 1 aliphatic heterocycles. The minimum absolute atomic E-state index is 0.0781. The Labute approximate surface area is 196 Å². The lowest BCUT2D eigenvalue weighted by atomic mass is 9.90. The fourth-order valence-corrected chi connectivity index (χ4v) is 4.16. The van der Waals surface area contributed by atoms with Gasteiger partial charge in [-0.25, -0.2) is 0 Å². The molecule has 0 fully saturated rings. The second kappa shape index (κ2) is 10.3. The molecule has 3 rings (SSSR count).